The smallest absolute Gasteiger partial charge is 0.169 e. The van der Waals surface area contributed by atoms with Crippen molar-refractivity contribution in [1.82, 2.24) is 0 Å². The summed E-state index contributed by atoms with van der Waals surface area (Å²) in [6, 6.07) is 82.9. The minimum Gasteiger partial charge on any atom is -0.376 e. The molecule has 22 heteroatoms. The average molecular weight is 1390 g/mol. The van der Waals surface area contributed by atoms with E-state index in [0.29, 0.717) is 0 Å². The lowest BCUT2D eigenvalue weighted by Crippen LogP contribution is -2.65. The molecule has 14 atom stereocenters. The van der Waals surface area contributed by atoms with Crippen molar-refractivity contribution < 1.29 is 61.6 Å². The molecule has 2 saturated heterocycles. The molecule has 11 rings (SSSR count). The molecule has 0 spiro atoms. The average Bonchev–Trinajstić information content (AvgIpc) is 0.767. The molecule has 0 bridgehead atoms. The summed E-state index contributed by atoms with van der Waals surface area (Å²) in [7, 11) is 0. The molecule has 2 aliphatic rings. The van der Waals surface area contributed by atoms with E-state index >= 15 is 0 Å². The number of rotatable bonds is 41. The molecule has 0 saturated carbocycles. The summed E-state index contributed by atoms with van der Waals surface area (Å²) < 4.78 is 91.0. The van der Waals surface area contributed by atoms with Crippen molar-refractivity contribution in [2.24, 2.45) is 15.3 Å². The number of hydrogen-bond acceptors (Lipinski definition) is 16. The molecule has 0 aromatic heterocycles. The Balaban J connectivity index is 1.02. The first-order valence-corrected chi connectivity index (χ1v) is 34.5. The third kappa shape index (κ3) is 23.2. The molecule has 0 unspecified atom stereocenters. The van der Waals surface area contributed by atoms with Crippen LogP contribution < -0.4 is 0 Å². The van der Waals surface area contributed by atoms with Crippen LogP contribution >= 0.6 is 0 Å². The first-order valence-electron chi connectivity index (χ1n) is 34.5. The van der Waals surface area contributed by atoms with Crippen molar-refractivity contribution >= 4 is 0 Å². The van der Waals surface area contributed by atoms with Gasteiger partial charge in [0.15, 0.2) is 12.6 Å². The van der Waals surface area contributed by atoms with Gasteiger partial charge < -0.3 is 61.6 Å². The van der Waals surface area contributed by atoms with Gasteiger partial charge in [0.25, 0.3) is 0 Å². The highest BCUT2D eigenvalue weighted by molar-refractivity contribution is 5.21. The second-order valence-corrected chi connectivity index (χ2v) is 24.8. The maximum Gasteiger partial charge on any atom is 0.169 e. The van der Waals surface area contributed by atoms with E-state index in [1.165, 1.54) is 0 Å². The molecule has 2 fully saturated rings. The van der Waals surface area contributed by atoms with Crippen molar-refractivity contribution in [3.05, 3.63) is 354 Å². The Hall–Kier alpha value is -9.61. The molecule has 0 N–H and O–H groups in total. The highest BCUT2D eigenvalue weighted by Crippen LogP contribution is 2.38. The van der Waals surface area contributed by atoms with Gasteiger partial charge in [0.2, 0.25) is 0 Å². The fourth-order valence-electron chi connectivity index (χ4n) is 12.3. The molecule has 9 aromatic rings. The quantitative estimate of drug-likeness (QED) is 0.0196. The van der Waals surface area contributed by atoms with Crippen LogP contribution in [0.3, 0.4) is 0 Å². The largest absolute Gasteiger partial charge is 0.376 e. The van der Waals surface area contributed by atoms with Crippen molar-refractivity contribution in [3.63, 3.8) is 0 Å². The second kappa shape index (κ2) is 41.5. The van der Waals surface area contributed by atoms with Crippen LogP contribution in [-0.4, -0.2) is 112 Å². The molecular weight excluding hydrogens is 1310 g/mol. The van der Waals surface area contributed by atoms with E-state index in [0.717, 1.165) is 50.1 Å². The lowest BCUT2D eigenvalue weighted by Gasteiger charge is -2.49. The Bertz CT molecular complexity index is 4000. The summed E-state index contributed by atoms with van der Waals surface area (Å²) in [6.45, 7) is 0.372. The summed E-state index contributed by atoms with van der Waals surface area (Å²) in [5.74, 6) is 0. The molecule has 0 amide bonds. The van der Waals surface area contributed by atoms with Gasteiger partial charge in [-0.1, -0.05) is 288 Å². The number of hydrogen-bond donors (Lipinski definition) is 0. The fraction of sp³-hybridized carbons (Fsp3) is 0.333. The molecule has 103 heavy (non-hydrogen) atoms. The minimum atomic E-state index is -1.53. The number of benzene rings is 9. The highest BCUT2D eigenvalue weighted by Gasteiger charge is 2.55. The van der Waals surface area contributed by atoms with Gasteiger partial charge in [-0.25, -0.2) is 0 Å². The Morgan fingerprint density at radius 3 is 1.02 bits per heavy atom. The van der Waals surface area contributed by atoms with Crippen LogP contribution in [0.1, 0.15) is 50.1 Å². The Morgan fingerprint density at radius 2 is 0.631 bits per heavy atom. The maximum absolute atomic E-state index is 11.0. The lowest BCUT2D eigenvalue weighted by atomic mass is 9.94. The van der Waals surface area contributed by atoms with Gasteiger partial charge in [0, 0.05) is 14.7 Å². The molecule has 0 radical (unpaired) electrons. The van der Waals surface area contributed by atoms with Crippen LogP contribution in [0.2, 0.25) is 0 Å². The van der Waals surface area contributed by atoms with Crippen LogP contribution in [0.5, 0.6) is 0 Å². The third-order valence-corrected chi connectivity index (χ3v) is 17.5. The van der Waals surface area contributed by atoms with Crippen molar-refractivity contribution in [3.8, 4) is 0 Å². The van der Waals surface area contributed by atoms with E-state index in [1.54, 1.807) is 0 Å². The number of nitrogens with zero attached hydrogens (tertiary/aromatic N) is 9. The second-order valence-electron chi connectivity index (χ2n) is 24.8. The summed E-state index contributed by atoms with van der Waals surface area (Å²) in [6.07, 6.45) is -13.2. The van der Waals surface area contributed by atoms with E-state index in [2.05, 4.69) is 30.1 Å². The van der Waals surface area contributed by atoms with E-state index < -0.39 is 85.6 Å². The van der Waals surface area contributed by atoms with Crippen molar-refractivity contribution in [2.45, 2.75) is 145 Å². The molecule has 9 aromatic carbocycles. The lowest BCUT2D eigenvalue weighted by molar-refractivity contribution is -0.348. The van der Waals surface area contributed by atoms with Crippen LogP contribution in [0, 0.1) is 0 Å². The zero-order valence-electron chi connectivity index (χ0n) is 57.1. The van der Waals surface area contributed by atoms with E-state index in [4.69, 9.17) is 61.6 Å². The fourth-order valence-corrected chi connectivity index (χ4v) is 12.3. The van der Waals surface area contributed by atoms with Crippen LogP contribution in [0.4, 0.5) is 0 Å². The van der Waals surface area contributed by atoms with E-state index in [9.17, 15) is 16.6 Å². The summed E-state index contributed by atoms with van der Waals surface area (Å²) in [4.78, 5) is 10.3. The normalized spacial score (nSPS) is 21.3. The molecule has 2 heterocycles. The summed E-state index contributed by atoms with van der Waals surface area (Å²) in [5.41, 5.74) is 39.9. The Kier molecular flexibility index (Phi) is 30.0. The van der Waals surface area contributed by atoms with Crippen LogP contribution in [0.15, 0.2) is 288 Å². The van der Waals surface area contributed by atoms with Gasteiger partial charge in [-0.05, 0) is 66.7 Å². The van der Waals surface area contributed by atoms with Gasteiger partial charge >= 0.3 is 0 Å². The molecule has 2 aliphatic heterocycles. The summed E-state index contributed by atoms with van der Waals surface area (Å²) >= 11 is 0. The molecule has 0 aliphatic carbocycles. The van der Waals surface area contributed by atoms with E-state index in [-0.39, 0.29) is 85.9 Å². The van der Waals surface area contributed by atoms with E-state index in [1.807, 2.05) is 273 Å². The molecular formula is C81H85N9O13. The molecule has 22 nitrogen and oxygen atoms in total. The van der Waals surface area contributed by atoms with Crippen molar-refractivity contribution in [2.75, 3.05) is 26.4 Å². The zero-order valence-corrected chi connectivity index (χ0v) is 57.1. The van der Waals surface area contributed by atoms with Gasteiger partial charge in [-0.15, -0.1) is 0 Å². The third-order valence-electron chi connectivity index (χ3n) is 17.5. The molecule has 532 valence electrons. The van der Waals surface area contributed by atoms with Crippen LogP contribution in [-0.2, 0) is 121 Å². The first kappa shape index (κ1) is 74.6. The zero-order chi connectivity index (χ0) is 70.7. The minimum absolute atomic E-state index is 0.0172. The van der Waals surface area contributed by atoms with Gasteiger partial charge in [-0.2, -0.15) is 0 Å². The SMILES string of the molecule is [N-]=[N+]=N[C@H]1[C@@H](O[C@H]2[C@H](OCc3ccccc3)[C@@H](N=[N+]=[N-])[C@H](O[C@H](COCc3ccccc3)[C@@H](OCc3ccccc3)[C@H](OCc3ccccc3)[C@@H](COCc3ccccc3)N=[N+]=[N-])O[C@@H]2COCc2ccccc2)O[C@H](COCc2ccccc2)[C@@H](OCc2ccccc2)[C@@H]1OCc1ccccc1. The van der Waals surface area contributed by atoms with Crippen molar-refractivity contribution in [1.29, 1.82) is 0 Å². The monoisotopic (exact) mass is 1390 g/mol. The number of azide groups is 3. The number of ether oxygens (including phenoxy) is 13. The first-order chi connectivity index (χ1) is 51.0. The summed E-state index contributed by atoms with van der Waals surface area (Å²) in [5, 5.41) is 13.4. The topological polar surface area (TPSA) is 266 Å². The van der Waals surface area contributed by atoms with Gasteiger partial charge in [-0.3, -0.25) is 0 Å². The van der Waals surface area contributed by atoms with Gasteiger partial charge in [0.1, 0.15) is 60.9 Å². The Morgan fingerprint density at radius 1 is 0.320 bits per heavy atom. The van der Waals surface area contributed by atoms with Gasteiger partial charge in [0.05, 0.1) is 98.0 Å². The van der Waals surface area contributed by atoms with Crippen LogP contribution in [0.25, 0.3) is 31.3 Å². The standard InChI is InChI=1S/C81H85N9O13/c82-88-85-68(55-91-46-59-28-10-1-11-29-59)74(95-50-63-36-18-5-19-37-63)75(96-51-64-38-20-6-21-39-64)69(56-92-47-60-30-12-2-13-31-60)100-80-73(87-90-84)79(99-54-67-44-26-9-27-45-67)77(71(102-80)58-94-49-62-34-16-4-17-35-62)103-81-72(86-89-83)78(98-53-66-42-24-8-25-43-66)76(97-52-65-40-22-7-23-41-65)70(101-81)57-93-48-61-32-14-3-15-33-61/h1-45,68-81H,46-58H2/t68-,69-,70-,71-,72-,73-,74-,75-,76-,77-,78-,79-,80-,81-/m1/s1. The maximum atomic E-state index is 11.0. The highest BCUT2D eigenvalue weighted by atomic mass is 16.7. The predicted molar refractivity (Wildman–Crippen MR) is 385 cm³/mol. The Labute approximate surface area is 600 Å². The predicted octanol–water partition coefficient (Wildman–Crippen LogP) is 16.0.